The molecular formula is C19H22N2O3. The van der Waals surface area contributed by atoms with Gasteiger partial charge >= 0.3 is 0 Å². The van der Waals surface area contributed by atoms with Crippen LogP contribution in [0.25, 0.3) is 0 Å². The van der Waals surface area contributed by atoms with Crippen molar-refractivity contribution in [3.05, 3.63) is 65.7 Å². The first-order valence-corrected chi connectivity index (χ1v) is 8.07. The first-order valence-electron chi connectivity index (χ1n) is 8.07. The Kier molecular flexibility index (Phi) is 6.98. The van der Waals surface area contributed by atoms with Crippen molar-refractivity contribution in [1.29, 1.82) is 0 Å². The molecule has 2 amide bonds. The molecule has 0 unspecified atom stereocenters. The average molecular weight is 326 g/mol. The summed E-state index contributed by atoms with van der Waals surface area (Å²) in [6.07, 6.45) is 3.89. The quantitative estimate of drug-likeness (QED) is 0.394. The Hall–Kier alpha value is -2.66. The van der Waals surface area contributed by atoms with Crippen LogP contribution in [-0.4, -0.2) is 17.0 Å². The van der Waals surface area contributed by atoms with Crippen LogP contribution in [0.15, 0.2) is 54.6 Å². The number of anilines is 1. The van der Waals surface area contributed by atoms with Crippen molar-refractivity contribution < 1.29 is 14.8 Å². The van der Waals surface area contributed by atoms with Gasteiger partial charge in [0, 0.05) is 17.7 Å². The third kappa shape index (κ3) is 5.85. The monoisotopic (exact) mass is 326 g/mol. The normalized spacial score (nSPS) is 10.2. The summed E-state index contributed by atoms with van der Waals surface area (Å²) in [4.78, 5) is 23.0. The topological polar surface area (TPSA) is 78.4 Å². The minimum Gasteiger partial charge on any atom is -0.322 e. The van der Waals surface area contributed by atoms with Crippen molar-refractivity contribution in [3.63, 3.8) is 0 Å². The van der Waals surface area contributed by atoms with Crippen LogP contribution in [0.4, 0.5) is 5.69 Å². The van der Waals surface area contributed by atoms with Gasteiger partial charge in [-0.25, -0.2) is 5.48 Å². The van der Waals surface area contributed by atoms with Crippen LogP contribution in [0, 0.1) is 0 Å². The molecule has 24 heavy (non-hydrogen) atoms. The lowest BCUT2D eigenvalue weighted by molar-refractivity contribution is -0.129. The average Bonchev–Trinajstić information content (AvgIpc) is 2.62. The Morgan fingerprint density at radius 2 is 1.58 bits per heavy atom. The maximum atomic E-state index is 12.1. The number of rotatable bonds is 8. The second-order valence-electron chi connectivity index (χ2n) is 5.61. The molecule has 0 radical (unpaired) electrons. The van der Waals surface area contributed by atoms with Gasteiger partial charge in [0.05, 0.1) is 0 Å². The van der Waals surface area contributed by atoms with E-state index in [1.54, 1.807) is 5.48 Å². The van der Waals surface area contributed by atoms with E-state index in [9.17, 15) is 9.59 Å². The van der Waals surface area contributed by atoms with Crippen molar-refractivity contribution in [1.82, 2.24) is 5.48 Å². The summed E-state index contributed by atoms with van der Waals surface area (Å²) in [5, 5.41) is 11.3. The zero-order valence-corrected chi connectivity index (χ0v) is 13.5. The SMILES string of the molecule is O=C(CCCCCc1ccc(C(=O)Nc2ccccc2)cc1)NO. The van der Waals surface area contributed by atoms with Crippen LogP contribution in [0.3, 0.4) is 0 Å². The van der Waals surface area contributed by atoms with E-state index in [1.165, 1.54) is 0 Å². The van der Waals surface area contributed by atoms with Gasteiger partial charge in [0.1, 0.15) is 0 Å². The van der Waals surface area contributed by atoms with Gasteiger partial charge in [0.25, 0.3) is 5.91 Å². The van der Waals surface area contributed by atoms with Gasteiger partial charge < -0.3 is 5.32 Å². The van der Waals surface area contributed by atoms with Gasteiger partial charge in [0.2, 0.25) is 5.91 Å². The molecule has 126 valence electrons. The van der Waals surface area contributed by atoms with Gasteiger partial charge in [-0.15, -0.1) is 0 Å². The number of carbonyl (C=O) groups is 2. The molecule has 5 heteroatoms. The summed E-state index contributed by atoms with van der Waals surface area (Å²) < 4.78 is 0. The maximum Gasteiger partial charge on any atom is 0.255 e. The molecule has 0 bridgehead atoms. The standard InChI is InChI=1S/C19H22N2O3/c22-18(21-24)10-6-1-3-7-15-11-13-16(14-12-15)19(23)20-17-8-4-2-5-9-17/h2,4-5,8-9,11-14,24H,1,3,6-7,10H2,(H,20,23)(H,21,22). The summed E-state index contributed by atoms with van der Waals surface area (Å²) in [6.45, 7) is 0. The second kappa shape index (κ2) is 9.47. The van der Waals surface area contributed by atoms with Gasteiger partial charge in [-0.05, 0) is 49.1 Å². The van der Waals surface area contributed by atoms with E-state index in [0.717, 1.165) is 36.9 Å². The number of benzene rings is 2. The zero-order valence-electron chi connectivity index (χ0n) is 13.5. The summed E-state index contributed by atoms with van der Waals surface area (Å²) in [5.41, 5.74) is 4.20. The molecule has 2 aromatic carbocycles. The van der Waals surface area contributed by atoms with E-state index in [0.29, 0.717) is 12.0 Å². The van der Waals surface area contributed by atoms with Crippen molar-refractivity contribution >= 4 is 17.5 Å². The molecule has 0 saturated carbocycles. The van der Waals surface area contributed by atoms with Crippen LogP contribution < -0.4 is 10.8 Å². The fourth-order valence-corrected chi connectivity index (χ4v) is 2.39. The Morgan fingerprint density at radius 1 is 0.875 bits per heavy atom. The van der Waals surface area contributed by atoms with Crippen molar-refractivity contribution in [2.75, 3.05) is 5.32 Å². The molecular weight excluding hydrogens is 304 g/mol. The van der Waals surface area contributed by atoms with Crippen molar-refractivity contribution in [2.24, 2.45) is 0 Å². The lowest BCUT2D eigenvalue weighted by Gasteiger charge is -2.06. The number of amides is 2. The van der Waals surface area contributed by atoms with Gasteiger partial charge in [-0.1, -0.05) is 36.8 Å². The third-order valence-corrected chi connectivity index (χ3v) is 3.74. The number of aryl methyl sites for hydroxylation is 1. The smallest absolute Gasteiger partial charge is 0.255 e. The third-order valence-electron chi connectivity index (χ3n) is 3.74. The van der Waals surface area contributed by atoms with Crippen LogP contribution in [-0.2, 0) is 11.2 Å². The molecule has 2 aromatic rings. The van der Waals surface area contributed by atoms with Crippen LogP contribution >= 0.6 is 0 Å². The van der Waals surface area contributed by atoms with Crippen LogP contribution in [0.5, 0.6) is 0 Å². The first kappa shape index (κ1) is 17.7. The molecule has 0 fully saturated rings. The number of carbonyl (C=O) groups excluding carboxylic acids is 2. The second-order valence-corrected chi connectivity index (χ2v) is 5.61. The molecule has 0 aliphatic heterocycles. The molecule has 3 N–H and O–H groups in total. The van der Waals surface area contributed by atoms with Crippen LogP contribution in [0.1, 0.15) is 41.6 Å². The molecule has 5 nitrogen and oxygen atoms in total. The molecule has 0 aliphatic rings. The number of unbranched alkanes of at least 4 members (excludes halogenated alkanes) is 2. The first-order chi connectivity index (χ1) is 11.7. The number of para-hydroxylation sites is 1. The molecule has 2 rings (SSSR count). The van der Waals surface area contributed by atoms with E-state index in [-0.39, 0.29) is 11.8 Å². The highest BCUT2D eigenvalue weighted by Gasteiger charge is 2.06. The summed E-state index contributed by atoms with van der Waals surface area (Å²) in [5.74, 6) is -0.466. The minimum atomic E-state index is -0.344. The lowest BCUT2D eigenvalue weighted by atomic mass is 10.0. The van der Waals surface area contributed by atoms with Gasteiger partial charge in [-0.2, -0.15) is 0 Å². The fourth-order valence-electron chi connectivity index (χ4n) is 2.39. The van der Waals surface area contributed by atoms with Crippen molar-refractivity contribution in [3.8, 4) is 0 Å². The Labute approximate surface area is 141 Å². The Balaban J connectivity index is 1.76. The van der Waals surface area contributed by atoms with E-state index < -0.39 is 0 Å². The summed E-state index contributed by atoms with van der Waals surface area (Å²) in [7, 11) is 0. The summed E-state index contributed by atoms with van der Waals surface area (Å²) >= 11 is 0. The zero-order chi connectivity index (χ0) is 17.2. The lowest BCUT2D eigenvalue weighted by Crippen LogP contribution is -2.17. The highest BCUT2D eigenvalue weighted by molar-refractivity contribution is 6.04. The highest BCUT2D eigenvalue weighted by Crippen LogP contribution is 2.12. The van der Waals surface area contributed by atoms with Gasteiger partial charge in [-0.3, -0.25) is 14.8 Å². The number of hydrogen-bond acceptors (Lipinski definition) is 3. The molecule has 0 aromatic heterocycles. The number of nitrogens with one attached hydrogen (secondary N) is 2. The molecule has 0 saturated heterocycles. The van der Waals surface area contributed by atoms with Crippen molar-refractivity contribution in [2.45, 2.75) is 32.1 Å². The number of hydrogen-bond donors (Lipinski definition) is 3. The Morgan fingerprint density at radius 3 is 2.25 bits per heavy atom. The van der Waals surface area contributed by atoms with E-state index >= 15 is 0 Å². The largest absolute Gasteiger partial charge is 0.322 e. The maximum absolute atomic E-state index is 12.1. The number of hydroxylamine groups is 1. The van der Waals surface area contributed by atoms with E-state index in [1.807, 2.05) is 54.6 Å². The predicted octanol–water partition coefficient (Wildman–Crippen LogP) is 3.55. The van der Waals surface area contributed by atoms with E-state index in [4.69, 9.17) is 5.21 Å². The Bertz CT molecular complexity index is 654. The molecule has 0 aliphatic carbocycles. The summed E-state index contributed by atoms with van der Waals surface area (Å²) in [6, 6.07) is 16.9. The van der Waals surface area contributed by atoms with E-state index in [2.05, 4.69) is 5.32 Å². The molecule has 0 atom stereocenters. The van der Waals surface area contributed by atoms with Crippen LogP contribution in [0.2, 0.25) is 0 Å². The highest BCUT2D eigenvalue weighted by atomic mass is 16.5. The van der Waals surface area contributed by atoms with Gasteiger partial charge in [0.15, 0.2) is 0 Å². The minimum absolute atomic E-state index is 0.122. The fraction of sp³-hybridized carbons (Fsp3) is 0.263. The molecule has 0 heterocycles. The predicted molar refractivity (Wildman–Crippen MR) is 92.9 cm³/mol. The molecule has 0 spiro atoms.